The number of rotatable bonds is 11. The van der Waals surface area contributed by atoms with Crippen LogP contribution in [-0.4, -0.2) is 67.5 Å². The molecule has 0 spiro atoms. The molecule has 1 saturated heterocycles. The van der Waals surface area contributed by atoms with Crippen LogP contribution in [-0.2, 0) is 9.59 Å². The highest BCUT2D eigenvalue weighted by atomic mass is 16.5. The number of nitrogens with zero attached hydrogens (tertiary/aromatic N) is 2. The zero-order valence-corrected chi connectivity index (χ0v) is 22.2. The highest BCUT2D eigenvalue weighted by molar-refractivity contribution is 6.46. The van der Waals surface area contributed by atoms with E-state index in [2.05, 4.69) is 13.8 Å². The maximum atomic E-state index is 13.2. The molecule has 2 aromatic carbocycles. The molecule has 1 aliphatic heterocycles. The first kappa shape index (κ1) is 27.3. The van der Waals surface area contributed by atoms with Gasteiger partial charge in [0.1, 0.15) is 5.76 Å². The van der Waals surface area contributed by atoms with Crippen LogP contribution in [0.15, 0.2) is 48.0 Å². The zero-order chi connectivity index (χ0) is 26.4. The summed E-state index contributed by atoms with van der Waals surface area (Å²) in [4.78, 5) is 30.0. The second kappa shape index (κ2) is 12.1. The number of benzene rings is 2. The summed E-state index contributed by atoms with van der Waals surface area (Å²) in [5.41, 5.74) is 2.30. The van der Waals surface area contributed by atoms with Gasteiger partial charge in [0, 0.05) is 12.1 Å². The third-order valence-electron chi connectivity index (χ3n) is 6.33. The molecule has 1 atom stereocenters. The van der Waals surface area contributed by atoms with E-state index >= 15 is 0 Å². The van der Waals surface area contributed by atoms with Gasteiger partial charge in [0.15, 0.2) is 11.5 Å². The van der Waals surface area contributed by atoms with Crippen LogP contribution < -0.4 is 9.47 Å². The predicted molar refractivity (Wildman–Crippen MR) is 141 cm³/mol. The van der Waals surface area contributed by atoms with Gasteiger partial charge in [-0.05, 0) is 64.0 Å². The van der Waals surface area contributed by atoms with Crippen molar-refractivity contribution in [3.8, 4) is 11.5 Å². The minimum Gasteiger partial charge on any atom is -0.507 e. The average Bonchev–Trinajstić information content (AvgIpc) is 3.09. The fourth-order valence-corrected chi connectivity index (χ4v) is 4.26. The van der Waals surface area contributed by atoms with Gasteiger partial charge < -0.3 is 24.4 Å². The first-order valence-corrected chi connectivity index (χ1v) is 12.4. The van der Waals surface area contributed by atoms with Gasteiger partial charge in [-0.2, -0.15) is 0 Å². The van der Waals surface area contributed by atoms with Crippen LogP contribution in [0.3, 0.4) is 0 Å². The number of methoxy groups -OCH3 is 1. The Kier molecular flexibility index (Phi) is 9.15. The molecule has 1 heterocycles. The molecular weight excluding hydrogens is 456 g/mol. The van der Waals surface area contributed by atoms with Crippen molar-refractivity contribution in [2.75, 3.05) is 40.9 Å². The number of ether oxygens (including phenoxy) is 2. The molecule has 7 heteroatoms. The molecule has 1 N–H and O–H groups in total. The smallest absolute Gasteiger partial charge is 0.295 e. The Morgan fingerprint density at radius 1 is 1.08 bits per heavy atom. The fourth-order valence-electron chi connectivity index (χ4n) is 4.26. The highest BCUT2D eigenvalue weighted by Crippen LogP contribution is 2.42. The standard InChI is InChI=1S/C29H38N2O5/c1-19(2)14-17-36-23-13-12-22(18-24(23)35-6)26-25(27(32)21-10-8-20(3)9-11-21)28(33)29(34)31(26)16-7-15-30(4)5/h8-13,18-19,26,32H,7,14-17H2,1-6H3. The van der Waals surface area contributed by atoms with Gasteiger partial charge in [0.05, 0.1) is 25.3 Å². The maximum Gasteiger partial charge on any atom is 0.295 e. The summed E-state index contributed by atoms with van der Waals surface area (Å²) < 4.78 is 11.5. The Labute approximate surface area is 214 Å². The number of amides is 1. The first-order valence-electron chi connectivity index (χ1n) is 12.4. The van der Waals surface area contributed by atoms with Gasteiger partial charge in [-0.1, -0.05) is 49.7 Å². The lowest BCUT2D eigenvalue weighted by atomic mass is 9.94. The Morgan fingerprint density at radius 2 is 1.78 bits per heavy atom. The minimum absolute atomic E-state index is 0.0873. The maximum absolute atomic E-state index is 13.2. The largest absolute Gasteiger partial charge is 0.507 e. The van der Waals surface area contributed by atoms with E-state index in [0.29, 0.717) is 48.1 Å². The molecule has 194 valence electrons. The zero-order valence-electron chi connectivity index (χ0n) is 22.2. The Balaban J connectivity index is 2.06. The van der Waals surface area contributed by atoms with Crippen molar-refractivity contribution in [1.82, 2.24) is 9.80 Å². The summed E-state index contributed by atoms with van der Waals surface area (Å²) in [6.07, 6.45) is 1.60. The molecule has 1 fully saturated rings. The molecule has 36 heavy (non-hydrogen) atoms. The third kappa shape index (κ3) is 6.26. The number of aliphatic hydroxyl groups excluding tert-OH is 1. The lowest BCUT2D eigenvalue weighted by Crippen LogP contribution is -2.32. The monoisotopic (exact) mass is 494 g/mol. The van der Waals surface area contributed by atoms with Crippen molar-refractivity contribution in [2.24, 2.45) is 5.92 Å². The van der Waals surface area contributed by atoms with E-state index in [1.807, 2.05) is 44.1 Å². The summed E-state index contributed by atoms with van der Waals surface area (Å²) in [5, 5.41) is 11.2. The number of hydrogen-bond donors (Lipinski definition) is 1. The number of hydrogen-bond acceptors (Lipinski definition) is 6. The number of likely N-dealkylation sites (tertiary alicyclic amines) is 1. The van der Waals surface area contributed by atoms with Crippen molar-refractivity contribution >= 4 is 17.4 Å². The van der Waals surface area contributed by atoms with Crippen LogP contribution in [0.2, 0.25) is 0 Å². The molecule has 1 amide bonds. The molecule has 1 aliphatic rings. The molecule has 0 aromatic heterocycles. The summed E-state index contributed by atoms with van der Waals surface area (Å²) in [6.45, 7) is 7.93. The van der Waals surface area contributed by atoms with Gasteiger partial charge in [-0.3, -0.25) is 9.59 Å². The first-order chi connectivity index (χ1) is 17.1. The number of carbonyl (C=O) groups excluding carboxylic acids is 2. The molecular formula is C29H38N2O5. The Hall–Kier alpha value is -3.32. The lowest BCUT2D eigenvalue weighted by molar-refractivity contribution is -0.139. The van der Waals surface area contributed by atoms with Crippen LogP contribution >= 0.6 is 0 Å². The summed E-state index contributed by atoms with van der Waals surface area (Å²) in [7, 11) is 5.49. The number of Topliss-reactive ketones (excluding diaryl/α,β-unsaturated/α-hetero) is 1. The van der Waals surface area contributed by atoms with Crippen molar-refractivity contribution in [2.45, 2.75) is 39.7 Å². The summed E-state index contributed by atoms with van der Waals surface area (Å²) >= 11 is 0. The average molecular weight is 495 g/mol. The van der Waals surface area contributed by atoms with Gasteiger partial charge >= 0.3 is 0 Å². The molecule has 0 bridgehead atoms. The number of ketones is 1. The summed E-state index contributed by atoms with van der Waals surface area (Å²) in [5.74, 6) is 0.168. The van der Waals surface area contributed by atoms with Crippen molar-refractivity contribution in [1.29, 1.82) is 0 Å². The van der Waals surface area contributed by atoms with E-state index in [1.54, 1.807) is 36.3 Å². The highest BCUT2D eigenvalue weighted by Gasteiger charge is 2.46. The van der Waals surface area contributed by atoms with Gasteiger partial charge in [0.25, 0.3) is 11.7 Å². The number of carbonyl (C=O) groups is 2. The Bertz CT molecular complexity index is 1110. The van der Waals surface area contributed by atoms with Gasteiger partial charge in [-0.25, -0.2) is 0 Å². The minimum atomic E-state index is -0.730. The van der Waals surface area contributed by atoms with E-state index in [0.717, 1.165) is 18.5 Å². The molecule has 2 aromatic rings. The van der Waals surface area contributed by atoms with Gasteiger partial charge in [-0.15, -0.1) is 0 Å². The van der Waals surface area contributed by atoms with Crippen LogP contribution in [0, 0.1) is 12.8 Å². The van der Waals surface area contributed by atoms with E-state index < -0.39 is 17.7 Å². The van der Waals surface area contributed by atoms with Crippen molar-refractivity contribution in [3.63, 3.8) is 0 Å². The quantitative estimate of drug-likeness (QED) is 0.275. The Morgan fingerprint density at radius 3 is 2.39 bits per heavy atom. The van der Waals surface area contributed by atoms with Gasteiger partial charge in [0.2, 0.25) is 0 Å². The number of aryl methyl sites for hydroxylation is 1. The second-order valence-corrected chi connectivity index (χ2v) is 9.96. The second-order valence-electron chi connectivity index (χ2n) is 9.96. The van der Waals surface area contributed by atoms with Crippen LogP contribution in [0.25, 0.3) is 5.76 Å². The fraction of sp³-hybridized carbons (Fsp3) is 0.448. The molecule has 7 nitrogen and oxygen atoms in total. The SMILES string of the molecule is COc1cc(C2C(=C(O)c3ccc(C)cc3)C(=O)C(=O)N2CCCN(C)C)ccc1OCCC(C)C. The lowest BCUT2D eigenvalue weighted by Gasteiger charge is -2.26. The molecule has 0 radical (unpaired) electrons. The topological polar surface area (TPSA) is 79.3 Å². The molecule has 3 rings (SSSR count). The summed E-state index contributed by atoms with van der Waals surface area (Å²) in [6, 6.07) is 12.0. The molecule has 0 aliphatic carbocycles. The molecule has 1 unspecified atom stereocenters. The van der Waals surface area contributed by atoms with Crippen LogP contribution in [0.4, 0.5) is 0 Å². The number of aliphatic hydroxyl groups is 1. The normalized spacial score (nSPS) is 17.3. The van der Waals surface area contributed by atoms with E-state index in [1.165, 1.54) is 0 Å². The van der Waals surface area contributed by atoms with Crippen molar-refractivity contribution < 1.29 is 24.2 Å². The predicted octanol–water partition coefficient (Wildman–Crippen LogP) is 4.80. The van der Waals surface area contributed by atoms with Crippen molar-refractivity contribution in [3.05, 3.63) is 64.7 Å². The van der Waals surface area contributed by atoms with Crippen LogP contribution in [0.5, 0.6) is 11.5 Å². The van der Waals surface area contributed by atoms with E-state index in [4.69, 9.17) is 9.47 Å². The molecule has 0 saturated carbocycles. The van der Waals surface area contributed by atoms with E-state index in [-0.39, 0.29) is 11.3 Å². The third-order valence-corrected chi connectivity index (χ3v) is 6.33. The van der Waals surface area contributed by atoms with Crippen LogP contribution in [0.1, 0.15) is 49.4 Å². The van der Waals surface area contributed by atoms with E-state index in [9.17, 15) is 14.7 Å².